The molecule has 0 aliphatic rings. The van der Waals surface area contributed by atoms with Gasteiger partial charge >= 0.3 is 5.97 Å². The molecule has 0 spiro atoms. The number of aromatic nitrogens is 2. The summed E-state index contributed by atoms with van der Waals surface area (Å²) in [5, 5.41) is 8.91. The van der Waals surface area contributed by atoms with Gasteiger partial charge in [-0.05, 0) is 18.1 Å². The molecule has 0 saturated carbocycles. The van der Waals surface area contributed by atoms with Crippen LogP contribution in [0.4, 0.5) is 0 Å². The first kappa shape index (κ1) is 14.0. The van der Waals surface area contributed by atoms with Crippen LogP contribution in [0.5, 0.6) is 0 Å². The van der Waals surface area contributed by atoms with Gasteiger partial charge in [0.2, 0.25) is 0 Å². The highest BCUT2D eigenvalue weighted by molar-refractivity contribution is 5.94. The summed E-state index contributed by atoms with van der Waals surface area (Å²) in [6.45, 7) is 3.95. The molecule has 0 saturated heterocycles. The van der Waals surface area contributed by atoms with Crippen LogP contribution >= 0.6 is 0 Å². The number of imidazole rings is 1. The Bertz CT molecular complexity index is 600. The molecule has 0 atom stereocenters. The summed E-state index contributed by atoms with van der Waals surface area (Å²) >= 11 is 0. The fraction of sp³-hybridized carbons (Fsp3) is 0.357. The number of carbonyl (C=O) groups is 2. The third-order valence-electron chi connectivity index (χ3n) is 2.78. The van der Waals surface area contributed by atoms with Gasteiger partial charge in [0.1, 0.15) is 17.9 Å². The van der Waals surface area contributed by atoms with Crippen LogP contribution in [0.25, 0.3) is 5.65 Å². The summed E-state index contributed by atoms with van der Waals surface area (Å²) in [6.07, 6.45) is 3.41. The quantitative estimate of drug-likeness (QED) is 0.897. The zero-order valence-electron chi connectivity index (χ0n) is 11.5. The first-order valence-electron chi connectivity index (χ1n) is 6.42. The summed E-state index contributed by atoms with van der Waals surface area (Å²) in [5.74, 6) is -1.19. The van der Waals surface area contributed by atoms with E-state index in [9.17, 15) is 9.59 Å². The highest BCUT2D eigenvalue weighted by Crippen LogP contribution is 2.09. The highest BCUT2D eigenvalue weighted by atomic mass is 16.4. The lowest BCUT2D eigenvalue weighted by atomic mass is 10.2. The van der Waals surface area contributed by atoms with Crippen LogP contribution in [0.1, 0.15) is 24.3 Å². The van der Waals surface area contributed by atoms with Gasteiger partial charge in [0.05, 0.1) is 0 Å². The second-order valence-corrected chi connectivity index (χ2v) is 5.07. The Hall–Kier alpha value is -2.37. The van der Waals surface area contributed by atoms with Crippen molar-refractivity contribution in [3.63, 3.8) is 0 Å². The summed E-state index contributed by atoms with van der Waals surface area (Å²) in [6, 6.07) is 5.46. The number of fused-ring (bicyclic) bond motifs is 1. The van der Waals surface area contributed by atoms with E-state index in [0.29, 0.717) is 12.2 Å². The number of carboxylic acids is 1. The maximum atomic E-state index is 12.4. The summed E-state index contributed by atoms with van der Waals surface area (Å²) in [5.41, 5.74) is 0.925. The van der Waals surface area contributed by atoms with Crippen molar-refractivity contribution in [2.45, 2.75) is 13.8 Å². The zero-order valence-corrected chi connectivity index (χ0v) is 11.5. The van der Waals surface area contributed by atoms with Crippen LogP contribution in [0.15, 0.2) is 30.6 Å². The molecule has 1 amide bonds. The molecule has 0 aliphatic heterocycles. The average molecular weight is 275 g/mol. The first-order valence-corrected chi connectivity index (χ1v) is 6.42. The van der Waals surface area contributed by atoms with Gasteiger partial charge in [-0.15, -0.1) is 0 Å². The third-order valence-corrected chi connectivity index (χ3v) is 2.78. The fourth-order valence-electron chi connectivity index (χ4n) is 2.02. The number of amides is 1. The number of nitrogens with zero attached hydrogens (tertiary/aromatic N) is 3. The van der Waals surface area contributed by atoms with Gasteiger partial charge in [0.25, 0.3) is 5.91 Å². The van der Waals surface area contributed by atoms with Crippen molar-refractivity contribution < 1.29 is 14.7 Å². The van der Waals surface area contributed by atoms with Crippen LogP contribution < -0.4 is 0 Å². The van der Waals surface area contributed by atoms with Gasteiger partial charge in [-0.2, -0.15) is 0 Å². The number of pyridine rings is 1. The number of hydrogen-bond donors (Lipinski definition) is 1. The molecule has 1 N–H and O–H groups in total. The predicted molar refractivity (Wildman–Crippen MR) is 73.6 cm³/mol. The fourth-order valence-corrected chi connectivity index (χ4v) is 2.02. The van der Waals surface area contributed by atoms with E-state index in [1.807, 2.05) is 26.0 Å². The third kappa shape index (κ3) is 3.14. The molecule has 2 aromatic heterocycles. The maximum absolute atomic E-state index is 12.4. The molecule has 106 valence electrons. The molecule has 2 heterocycles. The minimum atomic E-state index is -1.03. The zero-order chi connectivity index (χ0) is 14.7. The van der Waals surface area contributed by atoms with E-state index >= 15 is 0 Å². The lowest BCUT2D eigenvalue weighted by molar-refractivity contribution is -0.137. The van der Waals surface area contributed by atoms with Gasteiger partial charge in [-0.1, -0.05) is 19.9 Å². The van der Waals surface area contributed by atoms with Crippen LogP contribution in [0.2, 0.25) is 0 Å². The van der Waals surface area contributed by atoms with E-state index in [1.54, 1.807) is 22.9 Å². The largest absolute Gasteiger partial charge is 0.480 e. The van der Waals surface area contributed by atoms with Crippen molar-refractivity contribution >= 4 is 17.5 Å². The normalized spacial score (nSPS) is 10.9. The second-order valence-electron chi connectivity index (χ2n) is 5.07. The number of rotatable bonds is 5. The Morgan fingerprint density at radius 3 is 2.75 bits per heavy atom. The van der Waals surface area contributed by atoms with Crippen molar-refractivity contribution in [2.24, 2.45) is 5.92 Å². The van der Waals surface area contributed by atoms with Crippen molar-refractivity contribution in [3.8, 4) is 0 Å². The molecular weight excluding hydrogens is 258 g/mol. The van der Waals surface area contributed by atoms with E-state index in [0.717, 1.165) is 0 Å². The predicted octanol–water partition coefficient (Wildman–Crippen LogP) is 1.52. The van der Waals surface area contributed by atoms with E-state index in [4.69, 9.17) is 5.11 Å². The van der Waals surface area contributed by atoms with Crippen LogP contribution in [-0.2, 0) is 4.79 Å². The van der Waals surface area contributed by atoms with Crippen molar-refractivity contribution in [1.29, 1.82) is 0 Å². The van der Waals surface area contributed by atoms with Gasteiger partial charge < -0.3 is 14.4 Å². The Morgan fingerprint density at radius 2 is 2.15 bits per heavy atom. The molecule has 2 rings (SSSR count). The van der Waals surface area contributed by atoms with E-state index < -0.39 is 5.97 Å². The van der Waals surface area contributed by atoms with E-state index in [1.165, 1.54) is 4.90 Å². The number of carboxylic acid groups (broad SMARTS) is 1. The van der Waals surface area contributed by atoms with Crippen molar-refractivity contribution in [2.75, 3.05) is 13.1 Å². The van der Waals surface area contributed by atoms with Gasteiger partial charge in [0, 0.05) is 18.9 Å². The molecule has 0 bridgehead atoms. The molecular formula is C14H17N3O3. The Labute approximate surface area is 116 Å². The van der Waals surface area contributed by atoms with Crippen LogP contribution in [0, 0.1) is 5.92 Å². The summed E-state index contributed by atoms with van der Waals surface area (Å²) in [7, 11) is 0. The molecule has 0 aromatic carbocycles. The molecule has 6 heteroatoms. The second kappa shape index (κ2) is 5.73. The smallest absolute Gasteiger partial charge is 0.323 e. The Kier molecular flexibility index (Phi) is 4.02. The maximum Gasteiger partial charge on any atom is 0.323 e. The number of aliphatic carboxylic acids is 1. The lowest BCUT2D eigenvalue weighted by Gasteiger charge is -2.21. The molecule has 0 radical (unpaired) electrons. The number of hydrogen-bond acceptors (Lipinski definition) is 3. The molecule has 6 nitrogen and oxygen atoms in total. The standard InChI is InChI=1S/C14H17N3O3/c1-10(2)7-17(9-13(18)19)14(20)11-8-16-6-4-3-5-12(16)15-11/h3-6,8,10H,7,9H2,1-2H3,(H,18,19). The lowest BCUT2D eigenvalue weighted by Crippen LogP contribution is -2.38. The molecule has 20 heavy (non-hydrogen) atoms. The van der Waals surface area contributed by atoms with Gasteiger partial charge in [0.15, 0.2) is 0 Å². The molecule has 0 unspecified atom stereocenters. The molecule has 2 aromatic rings. The Morgan fingerprint density at radius 1 is 1.40 bits per heavy atom. The minimum absolute atomic E-state index is 0.190. The van der Waals surface area contributed by atoms with Crippen LogP contribution in [0.3, 0.4) is 0 Å². The molecule has 0 fully saturated rings. The summed E-state index contributed by atoms with van der Waals surface area (Å²) < 4.78 is 1.74. The molecule has 0 aliphatic carbocycles. The minimum Gasteiger partial charge on any atom is -0.480 e. The average Bonchev–Trinajstić information content (AvgIpc) is 2.79. The highest BCUT2D eigenvalue weighted by Gasteiger charge is 2.21. The summed E-state index contributed by atoms with van der Waals surface area (Å²) in [4.78, 5) is 28.8. The monoisotopic (exact) mass is 275 g/mol. The van der Waals surface area contributed by atoms with E-state index in [2.05, 4.69) is 4.98 Å². The SMILES string of the molecule is CC(C)CN(CC(=O)O)C(=O)c1cn2ccccc2n1. The van der Waals surface area contributed by atoms with Crippen molar-refractivity contribution in [1.82, 2.24) is 14.3 Å². The van der Waals surface area contributed by atoms with Gasteiger partial charge in [-0.3, -0.25) is 9.59 Å². The van der Waals surface area contributed by atoms with E-state index in [-0.39, 0.29) is 24.1 Å². The number of carbonyl (C=O) groups excluding carboxylic acids is 1. The topological polar surface area (TPSA) is 74.9 Å². The van der Waals surface area contributed by atoms with Crippen molar-refractivity contribution in [3.05, 3.63) is 36.3 Å². The van der Waals surface area contributed by atoms with Gasteiger partial charge in [-0.25, -0.2) is 4.98 Å². The van der Waals surface area contributed by atoms with Crippen LogP contribution in [-0.4, -0.2) is 44.4 Å². The Balaban J connectivity index is 2.27. The first-order chi connectivity index (χ1) is 9.47.